The molecular weight excluding hydrogens is 392 g/mol. The molecule has 1 amide bonds. The normalized spacial score (nSPS) is 10.5. The molecular formula is C18H15ClN2O3S2. The van der Waals surface area contributed by atoms with Crippen LogP contribution in [0.3, 0.4) is 0 Å². The minimum absolute atomic E-state index is 0.229. The van der Waals surface area contributed by atoms with Crippen LogP contribution in [0.25, 0.3) is 11.3 Å². The Kier molecular flexibility index (Phi) is 6.03. The van der Waals surface area contributed by atoms with Crippen LogP contribution < -0.4 is 5.32 Å². The first-order chi connectivity index (χ1) is 12.5. The van der Waals surface area contributed by atoms with Crippen molar-refractivity contribution in [2.75, 3.05) is 11.9 Å². The molecule has 0 radical (unpaired) electrons. The van der Waals surface area contributed by atoms with E-state index < -0.39 is 0 Å². The van der Waals surface area contributed by atoms with Gasteiger partial charge in [-0.3, -0.25) is 14.9 Å². The molecule has 2 aromatic heterocycles. The highest BCUT2D eigenvalue weighted by Gasteiger charge is 2.12. The predicted octanol–water partition coefficient (Wildman–Crippen LogP) is 4.88. The van der Waals surface area contributed by atoms with Gasteiger partial charge in [-0.25, -0.2) is 4.98 Å². The molecule has 8 heteroatoms. The van der Waals surface area contributed by atoms with Gasteiger partial charge in [0.05, 0.1) is 27.9 Å². The minimum atomic E-state index is -0.243. The zero-order chi connectivity index (χ0) is 18.5. The van der Waals surface area contributed by atoms with E-state index in [0.29, 0.717) is 21.0 Å². The molecule has 26 heavy (non-hydrogen) atoms. The standard InChI is InChI=1S/C18H15ClN2O3S2/c1-2-24-16(22)9-11-3-5-12(6-4-11)13-10-25-18(20-13)21-17(23)14-7-8-15(19)26-14/h3-8,10H,2,9H2,1H3,(H,20,21,23). The maximum atomic E-state index is 12.1. The molecule has 3 aromatic rings. The lowest BCUT2D eigenvalue weighted by atomic mass is 10.1. The van der Waals surface area contributed by atoms with E-state index in [0.717, 1.165) is 16.8 Å². The van der Waals surface area contributed by atoms with Gasteiger partial charge in [0.25, 0.3) is 5.91 Å². The Hall–Kier alpha value is -2.22. The summed E-state index contributed by atoms with van der Waals surface area (Å²) in [6.07, 6.45) is 0.246. The summed E-state index contributed by atoms with van der Waals surface area (Å²) in [7, 11) is 0. The van der Waals surface area contributed by atoms with Crippen LogP contribution in [-0.2, 0) is 16.0 Å². The van der Waals surface area contributed by atoms with Crippen LogP contribution in [0.4, 0.5) is 5.13 Å². The lowest BCUT2D eigenvalue weighted by Gasteiger charge is -2.03. The van der Waals surface area contributed by atoms with Gasteiger partial charge in [-0.1, -0.05) is 35.9 Å². The second-order valence-corrected chi connectivity index (χ2v) is 7.85. The zero-order valence-electron chi connectivity index (χ0n) is 13.8. The number of carbonyl (C=O) groups excluding carboxylic acids is 2. The zero-order valence-corrected chi connectivity index (χ0v) is 16.2. The topological polar surface area (TPSA) is 68.3 Å². The first-order valence-corrected chi connectivity index (χ1v) is 9.89. The van der Waals surface area contributed by atoms with Gasteiger partial charge < -0.3 is 4.74 Å². The predicted molar refractivity (Wildman–Crippen MR) is 105 cm³/mol. The molecule has 0 bridgehead atoms. The number of amides is 1. The van der Waals surface area contributed by atoms with Crippen molar-refractivity contribution < 1.29 is 14.3 Å². The van der Waals surface area contributed by atoms with Gasteiger partial charge in [0.15, 0.2) is 5.13 Å². The van der Waals surface area contributed by atoms with E-state index in [1.165, 1.54) is 22.7 Å². The number of ether oxygens (including phenoxy) is 1. The monoisotopic (exact) mass is 406 g/mol. The molecule has 1 aromatic carbocycles. The van der Waals surface area contributed by atoms with Crippen LogP contribution in [0.1, 0.15) is 22.2 Å². The number of benzene rings is 1. The lowest BCUT2D eigenvalue weighted by molar-refractivity contribution is -0.142. The highest BCUT2D eigenvalue weighted by Crippen LogP contribution is 2.27. The first-order valence-electron chi connectivity index (χ1n) is 7.82. The maximum Gasteiger partial charge on any atom is 0.310 e. The average molecular weight is 407 g/mol. The van der Waals surface area contributed by atoms with E-state index in [-0.39, 0.29) is 18.3 Å². The number of thiophene rings is 1. The van der Waals surface area contributed by atoms with Gasteiger partial charge in [-0.2, -0.15) is 0 Å². The van der Waals surface area contributed by atoms with Gasteiger partial charge >= 0.3 is 5.97 Å². The fourth-order valence-electron chi connectivity index (χ4n) is 2.23. The van der Waals surface area contributed by atoms with Gasteiger partial charge in [-0.05, 0) is 24.6 Å². The number of aromatic nitrogens is 1. The molecule has 134 valence electrons. The third-order valence-electron chi connectivity index (χ3n) is 3.43. The van der Waals surface area contributed by atoms with E-state index in [2.05, 4.69) is 10.3 Å². The van der Waals surface area contributed by atoms with Crippen LogP contribution in [0.5, 0.6) is 0 Å². The van der Waals surface area contributed by atoms with Crippen LogP contribution >= 0.6 is 34.3 Å². The number of halogens is 1. The number of hydrogen-bond donors (Lipinski definition) is 1. The molecule has 0 saturated carbocycles. The first kappa shape index (κ1) is 18.6. The van der Waals surface area contributed by atoms with Crippen molar-refractivity contribution >= 4 is 51.3 Å². The maximum absolute atomic E-state index is 12.1. The number of hydrogen-bond acceptors (Lipinski definition) is 6. The Labute approximate surface area is 163 Å². The summed E-state index contributed by atoms with van der Waals surface area (Å²) in [5, 5.41) is 5.16. The summed E-state index contributed by atoms with van der Waals surface area (Å²) < 4.78 is 5.51. The highest BCUT2D eigenvalue weighted by atomic mass is 35.5. The van der Waals surface area contributed by atoms with Gasteiger partial charge in [-0.15, -0.1) is 22.7 Å². The Balaban J connectivity index is 1.65. The molecule has 0 aliphatic rings. The third-order valence-corrected chi connectivity index (χ3v) is 5.41. The van der Waals surface area contributed by atoms with Crippen molar-refractivity contribution in [1.29, 1.82) is 0 Å². The highest BCUT2D eigenvalue weighted by molar-refractivity contribution is 7.18. The van der Waals surface area contributed by atoms with E-state index in [1.54, 1.807) is 19.1 Å². The molecule has 0 atom stereocenters. The molecule has 0 spiro atoms. The van der Waals surface area contributed by atoms with Crippen LogP contribution in [0.15, 0.2) is 41.8 Å². The van der Waals surface area contributed by atoms with Crippen LogP contribution in [0, 0.1) is 0 Å². The van der Waals surface area contributed by atoms with E-state index in [1.807, 2.05) is 29.6 Å². The van der Waals surface area contributed by atoms with Crippen LogP contribution in [0.2, 0.25) is 4.34 Å². The molecule has 5 nitrogen and oxygen atoms in total. The Morgan fingerprint density at radius 3 is 2.62 bits per heavy atom. The SMILES string of the molecule is CCOC(=O)Cc1ccc(-c2csc(NC(=O)c3ccc(Cl)s3)n2)cc1. The summed E-state index contributed by atoms with van der Waals surface area (Å²) >= 11 is 8.42. The van der Waals surface area contributed by atoms with E-state index in [9.17, 15) is 9.59 Å². The molecule has 0 aliphatic heterocycles. The largest absolute Gasteiger partial charge is 0.466 e. The summed E-state index contributed by atoms with van der Waals surface area (Å²) in [5.74, 6) is -0.472. The number of nitrogens with one attached hydrogen (secondary N) is 1. The second-order valence-electron chi connectivity index (χ2n) is 5.27. The number of esters is 1. The fourth-order valence-corrected chi connectivity index (χ4v) is 3.88. The number of rotatable bonds is 6. The molecule has 1 N–H and O–H groups in total. The molecule has 0 unspecified atom stereocenters. The molecule has 0 saturated heterocycles. The minimum Gasteiger partial charge on any atom is -0.466 e. The lowest BCUT2D eigenvalue weighted by Crippen LogP contribution is -2.09. The molecule has 0 aliphatic carbocycles. The summed E-state index contributed by atoms with van der Waals surface area (Å²) in [6, 6.07) is 10.9. The Morgan fingerprint density at radius 1 is 1.19 bits per heavy atom. The molecule has 2 heterocycles. The average Bonchev–Trinajstić information content (AvgIpc) is 3.25. The van der Waals surface area contributed by atoms with Gasteiger partial charge in [0.1, 0.15) is 0 Å². The van der Waals surface area contributed by atoms with Crippen molar-refractivity contribution in [1.82, 2.24) is 4.98 Å². The summed E-state index contributed by atoms with van der Waals surface area (Å²) in [4.78, 5) is 28.6. The van der Waals surface area contributed by atoms with Crippen molar-refractivity contribution in [3.63, 3.8) is 0 Å². The quantitative estimate of drug-likeness (QED) is 0.592. The van der Waals surface area contributed by atoms with Crippen molar-refractivity contribution in [2.45, 2.75) is 13.3 Å². The van der Waals surface area contributed by atoms with E-state index in [4.69, 9.17) is 16.3 Å². The number of carbonyl (C=O) groups is 2. The van der Waals surface area contributed by atoms with Crippen molar-refractivity contribution in [3.05, 3.63) is 56.6 Å². The van der Waals surface area contributed by atoms with Gasteiger partial charge in [0.2, 0.25) is 0 Å². The Bertz CT molecular complexity index is 919. The fraction of sp³-hybridized carbons (Fsp3) is 0.167. The molecule has 0 fully saturated rings. The van der Waals surface area contributed by atoms with E-state index >= 15 is 0 Å². The summed E-state index contributed by atoms with van der Waals surface area (Å²) in [5.41, 5.74) is 2.55. The van der Waals surface area contributed by atoms with Crippen molar-refractivity contribution in [2.24, 2.45) is 0 Å². The van der Waals surface area contributed by atoms with Gasteiger partial charge in [0, 0.05) is 10.9 Å². The van der Waals surface area contributed by atoms with Crippen LogP contribution in [-0.4, -0.2) is 23.5 Å². The van der Waals surface area contributed by atoms with Crippen molar-refractivity contribution in [3.8, 4) is 11.3 Å². The second kappa shape index (κ2) is 8.44. The number of anilines is 1. The molecule has 3 rings (SSSR count). The summed E-state index contributed by atoms with van der Waals surface area (Å²) in [6.45, 7) is 2.16. The Morgan fingerprint density at radius 2 is 1.96 bits per heavy atom. The third kappa shape index (κ3) is 4.69. The smallest absolute Gasteiger partial charge is 0.310 e. The number of thiazole rings is 1. The number of nitrogens with zero attached hydrogens (tertiary/aromatic N) is 1.